The van der Waals surface area contributed by atoms with Crippen LogP contribution in [0.5, 0.6) is 0 Å². The molecule has 0 aromatic heterocycles. The van der Waals surface area contributed by atoms with Gasteiger partial charge in [0.1, 0.15) is 6.04 Å². The Labute approximate surface area is 115 Å². The fraction of sp³-hybridized carbons (Fsp3) is 0.818. The molecule has 0 amide bonds. The molecule has 9 heteroatoms. The van der Waals surface area contributed by atoms with Gasteiger partial charge in [-0.1, -0.05) is 0 Å². The third-order valence-electron chi connectivity index (χ3n) is 2.39. The summed E-state index contributed by atoms with van der Waals surface area (Å²) in [5.74, 6) is -4.10. The van der Waals surface area contributed by atoms with Gasteiger partial charge in [0.15, 0.2) is 6.61 Å². The van der Waals surface area contributed by atoms with Gasteiger partial charge < -0.3 is 34.9 Å². The fourth-order valence-electron chi connectivity index (χ4n) is 1.42. The van der Waals surface area contributed by atoms with Crippen molar-refractivity contribution in [3.63, 3.8) is 0 Å². The van der Waals surface area contributed by atoms with Crippen LogP contribution in [0.3, 0.4) is 0 Å². The van der Waals surface area contributed by atoms with E-state index in [0.29, 0.717) is 0 Å². The van der Waals surface area contributed by atoms with Gasteiger partial charge in [0, 0.05) is 6.42 Å². The molecule has 20 heavy (non-hydrogen) atoms. The molecule has 4 N–H and O–H groups in total. The number of carbonyl (C=O) groups excluding carboxylic acids is 2. The SMILES string of the molecule is N[C@@H]1CCC(=O)OC(O)(COCCOCCO)OC1=O. The van der Waals surface area contributed by atoms with Gasteiger partial charge in [0.2, 0.25) is 0 Å². The van der Waals surface area contributed by atoms with E-state index in [0.717, 1.165) is 0 Å². The average Bonchev–Trinajstić information content (AvgIpc) is 2.38. The zero-order valence-corrected chi connectivity index (χ0v) is 10.9. The van der Waals surface area contributed by atoms with Gasteiger partial charge in [-0.3, -0.25) is 9.59 Å². The molecule has 116 valence electrons. The normalized spacial score (nSPS) is 27.4. The van der Waals surface area contributed by atoms with Crippen LogP contribution >= 0.6 is 0 Å². The molecule has 1 fully saturated rings. The Morgan fingerprint density at radius 1 is 1.25 bits per heavy atom. The minimum Gasteiger partial charge on any atom is -0.396 e. The minimum atomic E-state index is -2.48. The molecule has 0 aromatic carbocycles. The number of carbonyl (C=O) groups is 2. The maximum atomic E-state index is 11.5. The smallest absolute Gasteiger partial charge is 0.396 e. The van der Waals surface area contributed by atoms with Crippen molar-refractivity contribution in [2.24, 2.45) is 5.73 Å². The predicted octanol–water partition coefficient (Wildman–Crippen LogP) is -2.13. The predicted molar refractivity (Wildman–Crippen MR) is 63.1 cm³/mol. The van der Waals surface area contributed by atoms with E-state index in [2.05, 4.69) is 9.47 Å². The van der Waals surface area contributed by atoms with Crippen molar-refractivity contribution in [1.29, 1.82) is 0 Å². The van der Waals surface area contributed by atoms with E-state index >= 15 is 0 Å². The molecular formula is C11H19NO8. The summed E-state index contributed by atoms with van der Waals surface area (Å²) in [6, 6.07) is -0.998. The summed E-state index contributed by atoms with van der Waals surface area (Å²) in [5.41, 5.74) is 5.46. The zero-order valence-electron chi connectivity index (χ0n) is 10.9. The second kappa shape index (κ2) is 8.12. The highest BCUT2D eigenvalue weighted by molar-refractivity contribution is 5.78. The number of cyclic esters (lactones) is 2. The molecule has 0 bridgehead atoms. The Kier molecular flexibility index (Phi) is 6.82. The first-order valence-corrected chi connectivity index (χ1v) is 6.16. The lowest BCUT2D eigenvalue weighted by molar-refractivity contribution is -0.344. The van der Waals surface area contributed by atoms with Crippen molar-refractivity contribution in [3.05, 3.63) is 0 Å². The van der Waals surface area contributed by atoms with Crippen molar-refractivity contribution < 1.29 is 38.7 Å². The number of esters is 2. The quantitative estimate of drug-likeness (QED) is 0.355. The van der Waals surface area contributed by atoms with Crippen LogP contribution in [0, 0.1) is 0 Å². The van der Waals surface area contributed by atoms with Crippen molar-refractivity contribution >= 4 is 11.9 Å². The zero-order chi connectivity index (χ0) is 15.0. The highest BCUT2D eigenvalue weighted by Crippen LogP contribution is 2.17. The lowest BCUT2D eigenvalue weighted by atomic mass is 10.1. The molecule has 2 atom stereocenters. The molecule has 1 unspecified atom stereocenters. The van der Waals surface area contributed by atoms with Crippen molar-refractivity contribution in [2.45, 2.75) is 24.9 Å². The highest BCUT2D eigenvalue weighted by Gasteiger charge is 2.40. The Bertz CT molecular complexity index is 336. The van der Waals surface area contributed by atoms with Gasteiger partial charge in [-0.15, -0.1) is 0 Å². The van der Waals surface area contributed by atoms with Gasteiger partial charge in [-0.2, -0.15) is 0 Å². The van der Waals surface area contributed by atoms with E-state index < -0.39 is 30.6 Å². The Balaban J connectivity index is 2.42. The Morgan fingerprint density at radius 2 is 1.95 bits per heavy atom. The second-order valence-corrected chi connectivity index (χ2v) is 4.14. The standard InChI is InChI=1S/C11H19NO8/c12-8-1-2-9(14)19-11(16,20-10(8)15)7-18-6-5-17-4-3-13/h8,13,16H,1-7,12H2/t8-,11?/m1/s1. The highest BCUT2D eigenvalue weighted by atomic mass is 16.9. The van der Waals surface area contributed by atoms with Gasteiger partial charge >= 0.3 is 17.9 Å². The lowest BCUT2D eigenvalue weighted by Crippen LogP contribution is -2.50. The van der Waals surface area contributed by atoms with Crippen molar-refractivity contribution in [1.82, 2.24) is 0 Å². The first-order valence-electron chi connectivity index (χ1n) is 6.16. The monoisotopic (exact) mass is 293 g/mol. The third-order valence-corrected chi connectivity index (χ3v) is 2.39. The molecule has 0 aliphatic carbocycles. The van der Waals surface area contributed by atoms with Gasteiger partial charge in [-0.05, 0) is 6.42 Å². The van der Waals surface area contributed by atoms with Crippen LogP contribution in [0.25, 0.3) is 0 Å². The summed E-state index contributed by atoms with van der Waals surface area (Å²) in [6.45, 7) is -0.287. The first kappa shape index (κ1) is 16.8. The number of ether oxygens (including phenoxy) is 4. The molecular weight excluding hydrogens is 274 g/mol. The maximum absolute atomic E-state index is 11.5. The van der Waals surface area contributed by atoms with Crippen LogP contribution in [-0.2, 0) is 28.5 Å². The van der Waals surface area contributed by atoms with E-state index in [1.807, 2.05) is 0 Å². The summed E-state index contributed by atoms with van der Waals surface area (Å²) in [6.07, 6.45) is -0.0121. The number of nitrogens with two attached hydrogens (primary N) is 1. The molecule has 9 nitrogen and oxygen atoms in total. The van der Waals surface area contributed by atoms with E-state index in [1.165, 1.54) is 0 Å². The van der Waals surface area contributed by atoms with E-state index in [1.54, 1.807) is 0 Å². The van der Waals surface area contributed by atoms with Crippen molar-refractivity contribution in [3.8, 4) is 0 Å². The van der Waals surface area contributed by atoms with E-state index in [9.17, 15) is 14.7 Å². The topological polar surface area (TPSA) is 138 Å². The van der Waals surface area contributed by atoms with Gasteiger partial charge in [0.25, 0.3) is 0 Å². The second-order valence-electron chi connectivity index (χ2n) is 4.14. The number of aliphatic hydroxyl groups is 2. The molecule has 1 rings (SSSR count). The maximum Gasteiger partial charge on any atom is 0.398 e. The largest absolute Gasteiger partial charge is 0.398 e. The van der Waals surface area contributed by atoms with E-state index in [-0.39, 0.29) is 39.3 Å². The number of rotatable bonds is 7. The molecule has 0 saturated carbocycles. The number of hydrogen-bond acceptors (Lipinski definition) is 9. The summed E-state index contributed by atoms with van der Waals surface area (Å²) < 4.78 is 19.2. The van der Waals surface area contributed by atoms with Crippen LogP contribution in [0.15, 0.2) is 0 Å². The van der Waals surface area contributed by atoms with Gasteiger partial charge in [0.05, 0.1) is 26.4 Å². The Morgan fingerprint density at radius 3 is 2.65 bits per heavy atom. The first-order chi connectivity index (χ1) is 9.47. The third kappa shape index (κ3) is 5.80. The lowest BCUT2D eigenvalue weighted by Gasteiger charge is -2.29. The van der Waals surface area contributed by atoms with Crippen molar-refractivity contribution in [2.75, 3.05) is 33.0 Å². The molecule has 1 saturated heterocycles. The average molecular weight is 293 g/mol. The van der Waals surface area contributed by atoms with Gasteiger partial charge in [-0.25, -0.2) is 0 Å². The molecule has 0 spiro atoms. The van der Waals surface area contributed by atoms with E-state index in [4.69, 9.17) is 20.3 Å². The Hall–Kier alpha value is -1.26. The molecule has 1 aliphatic heterocycles. The molecule has 1 heterocycles. The minimum absolute atomic E-state index is 0.0590. The van der Waals surface area contributed by atoms with Crippen LogP contribution < -0.4 is 5.73 Å². The number of aliphatic hydroxyl groups excluding tert-OH is 1. The molecule has 0 aromatic rings. The summed E-state index contributed by atoms with van der Waals surface area (Å²) in [5, 5.41) is 18.4. The fourth-order valence-corrected chi connectivity index (χ4v) is 1.42. The van der Waals surface area contributed by atoms with Crippen LogP contribution in [0.4, 0.5) is 0 Å². The van der Waals surface area contributed by atoms with Crippen LogP contribution in [-0.4, -0.2) is 67.2 Å². The summed E-state index contributed by atoms with van der Waals surface area (Å²) in [4.78, 5) is 22.8. The summed E-state index contributed by atoms with van der Waals surface area (Å²) in [7, 11) is 0. The molecule has 0 radical (unpaired) electrons. The number of hydrogen-bond donors (Lipinski definition) is 3. The molecule has 1 aliphatic rings. The van der Waals surface area contributed by atoms with Crippen LogP contribution in [0.1, 0.15) is 12.8 Å². The van der Waals surface area contributed by atoms with Crippen LogP contribution in [0.2, 0.25) is 0 Å². The summed E-state index contributed by atoms with van der Waals surface area (Å²) >= 11 is 0.